The van der Waals surface area contributed by atoms with E-state index < -0.39 is 26.6 Å². The van der Waals surface area contributed by atoms with E-state index in [9.17, 15) is 17.6 Å². The van der Waals surface area contributed by atoms with Crippen molar-refractivity contribution in [3.05, 3.63) is 29.1 Å². The number of rotatable bonds is 6. The number of carbonyl (C=O) groups is 1. The highest BCUT2D eigenvalue weighted by atomic mass is 32.2. The summed E-state index contributed by atoms with van der Waals surface area (Å²) in [5.74, 6) is -1.36. The maximum Gasteiger partial charge on any atom is 0.251 e. The zero-order valence-electron chi connectivity index (χ0n) is 12.4. The molecule has 1 aromatic carbocycles. The first-order valence-electron chi connectivity index (χ1n) is 6.80. The molecular weight excluding hydrogens is 295 g/mol. The zero-order valence-corrected chi connectivity index (χ0v) is 13.3. The molecule has 5 nitrogen and oxygen atoms in total. The molecule has 1 amide bonds. The quantitative estimate of drug-likeness (QED) is 0.842. The third-order valence-corrected chi connectivity index (χ3v) is 4.07. The Hall–Kier alpha value is -1.47. The Labute approximate surface area is 124 Å². The second-order valence-corrected chi connectivity index (χ2v) is 6.70. The number of nitrogens with one attached hydrogen (secondary N) is 1. The molecule has 0 aliphatic heterocycles. The summed E-state index contributed by atoms with van der Waals surface area (Å²) in [5, 5.41) is 7.72. The van der Waals surface area contributed by atoms with Crippen molar-refractivity contribution in [2.45, 2.75) is 51.0 Å². The third kappa shape index (κ3) is 4.78. The lowest BCUT2D eigenvalue weighted by molar-refractivity contribution is 0.0937. The summed E-state index contributed by atoms with van der Waals surface area (Å²) < 4.78 is 36.5. The molecule has 0 aromatic heterocycles. The standard InChI is InChI=1S/C14H21FN2O3S/c1-4-5-6-10(3)17-14(18)11-7-9(2)13(15)12(8-11)21(16,19)20/h7-8,10H,4-6H2,1-3H3,(H,17,18)(H2,16,19,20). The first kappa shape index (κ1) is 17.6. The number of hydrogen-bond donors (Lipinski definition) is 2. The first-order valence-corrected chi connectivity index (χ1v) is 8.35. The summed E-state index contributed by atoms with van der Waals surface area (Å²) in [7, 11) is -4.21. The van der Waals surface area contributed by atoms with Gasteiger partial charge in [-0.15, -0.1) is 0 Å². The molecule has 1 rings (SSSR count). The van der Waals surface area contributed by atoms with Crippen LogP contribution < -0.4 is 10.5 Å². The topological polar surface area (TPSA) is 89.3 Å². The summed E-state index contributed by atoms with van der Waals surface area (Å²) in [6.45, 7) is 5.31. The van der Waals surface area contributed by atoms with Gasteiger partial charge in [0.05, 0.1) is 0 Å². The van der Waals surface area contributed by atoms with E-state index in [2.05, 4.69) is 12.2 Å². The van der Waals surface area contributed by atoms with Gasteiger partial charge in [0.15, 0.2) is 0 Å². The molecular formula is C14H21FN2O3S. The Morgan fingerprint density at radius 3 is 2.57 bits per heavy atom. The van der Waals surface area contributed by atoms with E-state index in [-0.39, 0.29) is 17.2 Å². The monoisotopic (exact) mass is 316 g/mol. The lowest BCUT2D eigenvalue weighted by atomic mass is 10.1. The van der Waals surface area contributed by atoms with Gasteiger partial charge in [0.1, 0.15) is 10.7 Å². The number of aryl methyl sites for hydroxylation is 1. The number of halogens is 1. The summed E-state index contributed by atoms with van der Waals surface area (Å²) in [5.41, 5.74) is 0.147. The molecule has 3 N–H and O–H groups in total. The highest BCUT2D eigenvalue weighted by Gasteiger charge is 2.20. The normalized spacial score (nSPS) is 13.0. The fourth-order valence-electron chi connectivity index (χ4n) is 1.96. The van der Waals surface area contributed by atoms with Crippen LogP contribution in [0.15, 0.2) is 17.0 Å². The average Bonchev–Trinajstić information content (AvgIpc) is 2.37. The molecule has 1 aromatic rings. The number of carbonyl (C=O) groups excluding carboxylic acids is 1. The second kappa shape index (κ2) is 7.00. The Morgan fingerprint density at radius 2 is 2.05 bits per heavy atom. The van der Waals surface area contributed by atoms with Gasteiger partial charge >= 0.3 is 0 Å². The minimum absolute atomic E-state index is 0.0410. The number of nitrogens with two attached hydrogens (primary N) is 1. The van der Waals surface area contributed by atoms with Crippen molar-refractivity contribution in [1.29, 1.82) is 0 Å². The van der Waals surface area contributed by atoms with Gasteiger partial charge in [-0.3, -0.25) is 4.79 Å². The first-order chi connectivity index (χ1) is 9.66. The van der Waals surface area contributed by atoms with E-state index in [1.807, 2.05) is 6.92 Å². The van der Waals surface area contributed by atoms with Crippen LogP contribution in [0.5, 0.6) is 0 Å². The Bertz CT molecular complexity index is 629. The molecule has 7 heteroatoms. The predicted molar refractivity (Wildman–Crippen MR) is 79.0 cm³/mol. The molecule has 0 saturated carbocycles. The molecule has 0 aliphatic rings. The van der Waals surface area contributed by atoms with E-state index in [1.54, 1.807) is 0 Å². The molecule has 1 unspecified atom stereocenters. The number of sulfonamides is 1. The molecule has 0 aliphatic carbocycles. The van der Waals surface area contributed by atoms with Crippen LogP contribution in [0.3, 0.4) is 0 Å². The van der Waals surface area contributed by atoms with Gasteiger partial charge in [-0.05, 0) is 38.0 Å². The smallest absolute Gasteiger partial charge is 0.251 e. The van der Waals surface area contributed by atoms with Crippen LogP contribution in [0.2, 0.25) is 0 Å². The lowest BCUT2D eigenvalue weighted by Gasteiger charge is -2.14. The molecule has 118 valence electrons. The molecule has 1 atom stereocenters. The Morgan fingerprint density at radius 1 is 1.43 bits per heavy atom. The van der Waals surface area contributed by atoms with Crippen molar-refractivity contribution in [1.82, 2.24) is 5.32 Å². The van der Waals surface area contributed by atoms with Crippen molar-refractivity contribution < 1.29 is 17.6 Å². The number of primary sulfonamides is 1. The van der Waals surface area contributed by atoms with Crippen molar-refractivity contribution in [2.24, 2.45) is 5.14 Å². The zero-order chi connectivity index (χ0) is 16.2. The van der Waals surface area contributed by atoms with Crippen molar-refractivity contribution >= 4 is 15.9 Å². The summed E-state index contributed by atoms with van der Waals surface area (Å²) in [6.07, 6.45) is 2.82. The van der Waals surface area contributed by atoms with E-state index in [0.29, 0.717) is 0 Å². The molecule has 0 spiro atoms. The summed E-state index contributed by atoms with van der Waals surface area (Å²) in [4.78, 5) is 11.4. The van der Waals surface area contributed by atoms with Gasteiger partial charge in [-0.1, -0.05) is 19.8 Å². The fourth-order valence-corrected chi connectivity index (χ4v) is 2.67. The van der Waals surface area contributed by atoms with Crippen LogP contribution in [-0.2, 0) is 10.0 Å². The van der Waals surface area contributed by atoms with E-state index >= 15 is 0 Å². The number of hydrogen-bond acceptors (Lipinski definition) is 3. The minimum Gasteiger partial charge on any atom is -0.350 e. The van der Waals surface area contributed by atoms with Gasteiger partial charge in [0.25, 0.3) is 5.91 Å². The van der Waals surface area contributed by atoms with Crippen LogP contribution >= 0.6 is 0 Å². The van der Waals surface area contributed by atoms with E-state index in [0.717, 1.165) is 25.3 Å². The molecule has 0 fully saturated rings. The molecule has 0 saturated heterocycles. The Kier molecular flexibility index (Phi) is 5.86. The maximum atomic E-state index is 13.8. The van der Waals surface area contributed by atoms with Crippen LogP contribution in [0.1, 0.15) is 49.0 Å². The molecule has 0 heterocycles. The maximum absolute atomic E-state index is 13.8. The number of unbranched alkanes of at least 4 members (excludes halogenated alkanes) is 1. The molecule has 0 bridgehead atoms. The van der Waals surface area contributed by atoms with Crippen LogP contribution in [0.25, 0.3) is 0 Å². The minimum atomic E-state index is -4.21. The SMILES string of the molecule is CCCCC(C)NC(=O)c1cc(C)c(F)c(S(N)(=O)=O)c1. The largest absolute Gasteiger partial charge is 0.350 e. The van der Waals surface area contributed by atoms with Crippen molar-refractivity contribution in [3.8, 4) is 0 Å². The molecule has 0 radical (unpaired) electrons. The predicted octanol–water partition coefficient (Wildman–Crippen LogP) is 2.09. The third-order valence-electron chi connectivity index (χ3n) is 3.16. The van der Waals surface area contributed by atoms with Gasteiger partial charge in [0.2, 0.25) is 10.0 Å². The second-order valence-electron chi connectivity index (χ2n) is 5.17. The van der Waals surface area contributed by atoms with Crippen molar-refractivity contribution in [2.75, 3.05) is 0 Å². The van der Waals surface area contributed by atoms with Crippen LogP contribution in [0.4, 0.5) is 4.39 Å². The van der Waals surface area contributed by atoms with Crippen molar-refractivity contribution in [3.63, 3.8) is 0 Å². The van der Waals surface area contributed by atoms with E-state index in [1.165, 1.54) is 13.0 Å². The van der Waals surface area contributed by atoms with Gasteiger partial charge in [-0.25, -0.2) is 17.9 Å². The highest BCUT2D eigenvalue weighted by Crippen LogP contribution is 2.19. The van der Waals surface area contributed by atoms with Gasteiger partial charge in [0, 0.05) is 11.6 Å². The summed E-state index contributed by atoms with van der Waals surface area (Å²) in [6, 6.07) is 2.24. The van der Waals surface area contributed by atoms with Gasteiger partial charge < -0.3 is 5.32 Å². The Balaban J connectivity index is 3.04. The molecule has 21 heavy (non-hydrogen) atoms. The fraction of sp³-hybridized carbons (Fsp3) is 0.500. The number of benzene rings is 1. The highest BCUT2D eigenvalue weighted by molar-refractivity contribution is 7.89. The lowest BCUT2D eigenvalue weighted by Crippen LogP contribution is -2.32. The van der Waals surface area contributed by atoms with Gasteiger partial charge in [-0.2, -0.15) is 0 Å². The van der Waals surface area contributed by atoms with E-state index in [4.69, 9.17) is 5.14 Å². The average molecular weight is 316 g/mol. The van der Waals surface area contributed by atoms with Crippen LogP contribution in [-0.4, -0.2) is 20.4 Å². The van der Waals surface area contributed by atoms with Crippen LogP contribution in [0, 0.1) is 12.7 Å². The summed E-state index contributed by atoms with van der Waals surface area (Å²) >= 11 is 0. The number of amides is 1.